The standard InChI is InChI=1S/C22H32N2O5/c1-13-7-6-8-17(14(13)2)24-12-15(9-20(24)25)22(26)23-16-10-18(27-3)21(29-5)19(11-16)28-4/h10-11,13-15,17H,6-9,12H2,1-5H3,(H,23,26)/t13-,14-,15+,17+/m0/s1. The number of carbonyl (C=O) groups excluding carboxylic acids is 2. The van der Waals surface area contributed by atoms with Gasteiger partial charge in [-0.25, -0.2) is 0 Å². The number of carbonyl (C=O) groups is 2. The van der Waals surface area contributed by atoms with E-state index in [0.717, 1.165) is 12.8 Å². The van der Waals surface area contributed by atoms with Gasteiger partial charge in [-0.2, -0.15) is 0 Å². The molecule has 0 bridgehead atoms. The van der Waals surface area contributed by atoms with Crippen molar-refractivity contribution in [2.24, 2.45) is 17.8 Å². The number of ether oxygens (including phenoxy) is 3. The maximum absolute atomic E-state index is 12.9. The number of anilines is 1. The number of hydrogen-bond acceptors (Lipinski definition) is 5. The summed E-state index contributed by atoms with van der Waals surface area (Å²) >= 11 is 0. The van der Waals surface area contributed by atoms with E-state index in [9.17, 15) is 9.59 Å². The Morgan fingerprint density at radius 2 is 1.72 bits per heavy atom. The molecular weight excluding hydrogens is 372 g/mol. The third kappa shape index (κ3) is 4.28. The monoisotopic (exact) mass is 404 g/mol. The summed E-state index contributed by atoms with van der Waals surface area (Å²) in [7, 11) is 4.59. The Bertz CT molecular complexity index is 741. The van der Waals surface area contributed by atoms with Gasteiger partial charge in [0.15, 0.2) is 11.5 Å². The molecule has 1 aliphatic carbocycles. The highest BCUT2D eigenvalue weighted by Crippen LogP contribution is 2.40. The maximum atomic E-state index is 12.9. The molecule has 2 fully saturated rings. The summed E-state index contributed by atoms with van der Waals surface area (Å²) in [5, 5.41) is 2.92. The van der Waals surface area contributed by atoms with E-state index < -0.39 is 0 Å². The zero-order chi connectivity index (χ0) is 21.1. The number of hydrogen-bond donors (Lipinski definition) is 1. The third-order valence-corrected chi connectivity index (χ3v) is 6.53. The number of nitrogens with zero attached hydrogens (tertiary/aromatic N) is 1. The second-order valence-corrected chi connectivity index (χ2v) is 8.19. The Morgan fingerprint density at radius 1 is 1.07 bits per heavy atom. The molecule has 0 radical (unpaired) electrons. The summed E-state index contributed by atoms with van der Waals surface area (Å²) in [5.41, 5.74) is 0.551. The van der Waals surface area contributed by atoms with Crippen molar-refractivity contribution in [2.45, 2.75) is 45.6 Å². The first kappa shape index (κ1) is 21.3. The van der Waals surface area contributed by atoms with Crippen molar-refractivity contribution < 1.29 is 23.8 Å². The van der Waals surface area contributed by atoms with Gasteiger partial charge in [0.2, 0.25) is 17.6 Å². The minimum atomic E-state index is -0.356. The van der Waals surface area contributed by atoms with E-state index in [0.29, 0.717) is 41.3 Å². The predicted octanol–water partition coefficient (Wildman–Crippen LogP) is 3.32. The van der Waals surface area contributed by atoms with E-state index in [1.165, 1.54) is 27.8 Å². The Kier molecular flexibility index (Phi) is 6.55. The third-order valence-electron chi connectivity index (χ3n) is 6.53. The van der Waals surface area contributed by atoms with Crippen LogP contribution in [0, 0.1) is 17.8 Å². The average Bonchev–Trinajstić information content (AvgIpc) is 3.10. The molecule has 7 nitrogen and oxygen atoms in total. The Hall–Kier alpha value is -2.44. The van der Waals surface area contributed by atoms with Gasteiger partial charge < -0.3 is 24.4 Å². The van der Waals surface area contributed by atoms with E-state index in [2.05, 4.69) is 19.2 Å². The molecular formula is C22H32N2O5. The number of likely N-dealkylation sites (tertiary alicyclic amines) is 1. The van der Waals surface area contributed by atoms with Crippen LogP contribution in [0.5, 0.6) is 17.2 Å². The van der Waals surface area contributed by atoms with Crippen LogP contribution in [0.15, 0.2) is 12.1 Å². The molecule has 2 amide bonds. The molecule has 29 heavy (non-hydrogen) atoms. The van der Waals surface area contributed by atoms with Crippen LogP contribution >= 0.6 is 0 Å². The smallest absolute Gasteiger partial charge is 0.229 e. The highest BCUT2D eigenvalue weighted by Gasteiger charge is 2.41. The lowest BCUT2D eigenvalue weighted by atomic mass is 9.77. The quantitative estimate of drug-likeness (QED) is 0.787. The second kappa shape index (κ2) is 8.93. The van der Waals surface area contributed by atoms with E-state index in [1.807, 2.05) is 4.90 Å². The summed E-state index contributed by atoms with van der Waals surface area (Å²) in [4.78, 5) is 27.5. The van der Waals surface area contributed by atoms with Crippen LogP contribution in [0.4, 0.5) is 5.69 Å². The second-order valence-electron chi connectivity index (χ2n) is 8.19. The number of rotatable bonds is 6. The molecule has 0 aromatic heterocycles. The lowest BCUT2D eigenvalue weighted by molar-refractivity contribution is -0.131. The topological polar surface area (TPSA) is 77.1 Å². The molecule has 160 valence electrons. The first-order valence-corrected chi connectivity index (χ1v) is 10.3. The van der Waals surface area contributed by atoms with Crippen molar-refractivity contribution in [3.63, 3.8) is 0 Å². The van der Waals surface area contributed by atoms with Crippen molar-refractivity contribution in [1.29, 1.82) is 0 Å². The van der Waals surface area contributed by atoms with Crippen molar-refractivity contribution in [3.8, 4) is 17.2 Å². The van der Waals surface area contributed by atoms with Crippen LogP contribution in [0.2, 0.25) is 0 Å². The van der Waals surface area contributed by atoms with Crippen molar-refractivity contribution in [1.82, 2.24) is 4.90 Å². The Labute approximate surface area is 172 Å². The van der Waals surface area contributed by atoms with Crippen molar-refractivity contribution in [2.75, 3.05) is 33.2 Å². The highest BCUT2D eigenvalue weighted by molar-refractivity contribution is 5.97. The molecule has 0 unspecified atom stereocenters. The van der Waals surface area contributed by atoms with Crippen molar-refractivity contribution in [3.05, 3.63) is 12.1 Å². The lowest BCUT2D eigenvalue weighted by Crippen LogP contribution is -2.45. The largest absolute Gasteiger partial charge is 0.493 e. The van der Waals surface area contributed by atoms with Crippen LogP contribution in [0.1, 0.15) is 39.5 Å². The molecule has 1 aromatic carbocycles. The molecule has 4 atom stereocenters. The van der Waals surface area contributed by atoms with Gasteiger partial charge in [-0.15, -0.1) is 0 Å². The Morgan fingerprint density at radius 3 is 2.31 bits per heavy atom. The fourth-order valence-corrected chi connectivity index (χ4v) is 4.62. The van der Waals surface area contributed by atoms with Gasteiger partial charge in [0.25, 0.3) is 0 Å². The zero-order valence-corrected chi connectivity index (χ0v) is 18.0. The maximum Gasteiger partial charge on any atom is 0.229 e. The predicted molar refractivity (Wildman–Crippen MR) is 111 cm³/mol. The van der Waals surface area contributed by atoms with Gasteiger partial charge in [-0.1, -0.05) is 26.7 Å². The zero-order valence-electron chi connectivity index (χ0n) is 18.0. The molecule has 2 aliphatic rings. The van der Waals surface area contributed by atoms with Crippen LogP contribution in [-0.4, -0.2) is 50.6 Å². The molecule has 7 heteroatoms. The van der Waals surface area contributed by atoms with Crippen LogP contribution < -0.4 is 19.5 Å². The van der Waals surface area contributed by atoms with Crippen LogP contribution in [0.3, 0.4) is 0 Å². The van der Waals surface area contributed by atoms with Gasteiger partial charge >= 0.3 is 0 Å². The van der Waals surface area contributed by atoms with E-state index >= 15 is 0 Å². The molecule has 1 N–H and O–H groups in total. The summed E-state index contributed by atoms with van der Waals surface area (Å²) < 4.78 is 16.0. The summed E-state index contributed by atoms with van der Waals surface area (Å²) in [6, 6.07) is 3.63. The summed E-state index contributed by atoms with van der Waals surface area (Å²) in [5.74, 6) is 2.04. The lowest BCUT2D eigenvalue weighted by Gasteiger charge is -2.40. The number of amides is 2. The molecule has 1 aliphatic heterocycles. The number of benzene rings is 1. The first-order chi connectivity index (χ1) is 13.9. The normalized spacial score (nSPS) is 26.9. The summed E-state index contributed by atoms with van der Waals surface area (Å²) in [6.07, 6.45) is 3.64. The molecule has 1 aromatic rings. The molecule has 1 heterocycles. The van der Waals surface area contributed by atoms with E-state index in [1.54, 1.807) is 12.1 Å². The van der Waals surface area contributed by atoms with E-state index in [4.69, 9.17) is 14.2 Å². The SMILES string of the molecule is COc1cc(NC(=O)[C@@H]2CC(=O)N([C@@H]3CCC[C@H](C)[C@@H]3C)C2)cc(OC)c1OC. The molecule has 1 saturated carbocycles. The minimum Gasteiger partial charge on any atom is -0.493 e. The highest BCUT2D eigenvalue weighted by atomic mass is 16.5. The fourth-order valence-electron chi connectivity index (χ4n) is 4.62. The number of nitrogens with one attached hydrogen (secondary N) is 1. The first-order valence-electron chi connectivity index (χ1n) is 10.3. The van der Waals surface area contributed by atoms with Gasteiger partial charge in [0.1, 0.15) is 0 Å². The van der Waals surface area contributed by atoms with Gasteiger partial charge in [0, 0.05) is 36.8 Å². The minimum absolute atomic E-state index is 0.0843. The number of methoxy groups -OCH3 is 3. The molecule has 3 rings (SSSR count). The van der Waals surface area contributed by atoms with Crippen LogP contribution in [0.25, 0.3) is 0 Å². The van der Waals surface area contributed by atoms with E-state index in [-0.39, 0.29) is 30.2 Å². The summed E-state index contributed by atoms with van der Waals surface area (Å²) in [6.45, 7) is 4.97. The van der Waals surface area contributed by atoms with Crippen LogP contribution in [-0.2, 0) is 9.59 Å². The van der Waals surface area contributed by atoms with Gasteiger partial charge in [0.05, 0.1) is 27.2 Å². The molecule has 0 spiro atoms. The average molecular weight is 405 g/mol. The van der Waals surface area contributed by atoms with Crippen molar-refractivity contribution >= 4 is 17.5 Å². The fraction of sp³-hybridized carbons (Fsp3) is 0.636. The molecule has 1 saturated heterocycles. The van der Waals surface area contributed by atoms with Gasteiger partial charge in [-0.05, 0) is 18.3 Å². The van der Waals surface area contributed by atoms with Gasteiger partial charge in [-0.3, -0.25) is 9.59 Å². The Balaban J connectivity index is 1.71.